The molecule has 248 valence electrons. The fourth-order valence-electron chi connectivity index (χ4n) is 6.76. The molecule has 0 spiro atoms. The summed E-state index contributed by atoms with van der Waals surface area (Å²) in [5.74, 6) is 0.967. The van der Waals surface area contributed by atoms with E-state index in [9.17, 15) is 0 Å². The molecule has 1 unspecified atom stereocenters. The van der Waals surface area contributed by atoms with Crippen LogP contribution in [0.2, 0.25) is 0 Å². The molecule has 0 saturated heterocycles. The molecule has 0 aliphatic heterocycles. The lowest BCUT2D eigenvalue weighted by atomic mass is 9.95. The lowest BCUT2D eigenvalue weighted by Gasteiger charge is -2.11. The molecular weight excluding hydrogens is 492 g/mol. The van der Waals surface area contributed by atoms with Crippen LogP contribution in [0.4, 0.5) is 0 Å². The summed E-state index contributed by atoms with van der Waals surface area (Å²) >= 11 is 0. The Labute approximate surface area is 263 Å². The maximum atomic E-state index is 2.50. The van der Waals surface area contributed by atoms with Gasteiger partial charge in [0.25, 0.3) is 0 Å². The molecule has 0 heteroatoms. The van der Waals surface area contributed by atoms with Crippen molar-refractivity contribution < 1.29 is 0 Å². The van der Waals surface area contributed by atoms with Gasteiger partial charge in [-0.3, -0.25) is 0 Å². The molecule has 0 aliphatic carbocycles. The largest absolute Gasteiger partial charge is 0.0654 e. The number of rotatable bonds is 37. The molecule has 0 radical (unpaired) electrons. The van der Waals surface area contributed by atoms with Crippen LogP contribution in [0.1, 0.15) is 258 Å². The van der Waals surface area contributed by atoms with Gasteiger partial charge >= 0.3 is 0 Å². The summed E-state index contributed by atoms with van der Waals surface area (Å²) in [5, 5.41) is 0. The summed E-state index contributed by atoms with van der Waals surface area (Å²) in [4.78, 5) is 0. The number of hydrogen-bond acceptors (Lipinski definition) is 0. The van der Waals surface area contributed by atoms with Crippen LogP contribution in [-0.2, 0) is 0 Å². The molecule has 1 atom stereocenters. The van der Waals surface area contributed by atoms with E-state index in [1.54, 1.807) is 0 Å². The Kier molecular flexibility index (Phi) is 38.0. The van der Waals surface area contributed by atoms with Crippen LogP contribution in [0.25, 0.3) is 0 Å². The minimum Gasteiger partial charge on any atom is -0.0654 e. The van der Waals surface area contributed by atoms with Crippen LogP contribution in [0.15, 0.2) is 0 Å². The van der Waals surface area contributed by atoms with Crippen molar-refractivity contribution in [1.82, 2.24) is 0 Å². The van der Waals surface area contributed by atoms with Gasteiger partial charge in [0.2, 0.25) is 0 Å². The second kappa shape index (κ2) is 38.0. The lowest BCUT2D eigenvalue weighted by molar-refractivity contribution is 0.430. The molecule has 0 saturated carbocycles. The van der Waals surface area contributed by atoms with Crippen molar-refractivity contribution in [2.45, 2.75) is 258 Å². The van der Waals surface area contributed by atoms with Crippen molar-refractivity contribution >= 4 is 0 Å². The van der Waals surface area contributed by atoms with Crippen LogP contribution in [0.5, 0.6) is 0 Å². The fourth-order valence-corrected chi connectivity index (χ4v) is 6.76. The van der Waals surface area contributed by atoms with E-state index < -0.39 is 0 Å². The Morgan fingerprint density at radius 3 is 0.537 bits per heavy atom. The highest BCUT2D eigenvalue weighted by atomic mass is 14.1. The van der Waals surface area contributed by atoms with Gasteiger partial charge in [-0.05, 0) is 5.92 Å². The number of hydrogen-bond donors (Lipinski definition) is 0. The minimum absolute atomic E-state index is 0.967. The molecule has 0 aromatic heterocycles. The fraction of sp³-hybridized carbons (Fsp3) is 1.00. The third-order valence-corrected chi connectivity index (χ3v) is 9.85. The maximum absolute atomic E-state index is 2.50. The maximum Gasteiger partial charge on any atom is -0.0443 e. The molecule has 0 fully saturated rings. The van der Waals surface area contributed by atoms with Gasteiger partial charge in [0.1, 0.15) is 0 Å². The molecule has 0 heterocycles. The number of unbranched alkanes of at least 4 members (excludes halogenated alkanes) is 33. The molecule has 0 amide bonds. The predicted octanol–water partition coefficient (Wildman–Crippen LogP) is 16.1. The van der Waals surface area contributed by atoms with Crippen LogP contribution < -0.4 is 0 Å². The van der Waals surface area contributed by atoms with Gasteiger partial charge in [0.15, 0.2) is 0 Å². The quantitative estimate of drug-likeness (QED) is 0.0645. The normalized spacial score (nSPS) is 12.4. The SMILES string of the molecule is CCCCCCCCCCCCCCCCCCCCCCCCCCCCC(C)CCCCCCCCCCC. The highest BCUT2D eigenvalue weighted by Gasteiger charge is 2.02. The lowest BCUT2D eigenvalue weighted by Crippen LogP contribution is -1.95. The van der Waals surface area contributed by atoms with E-state index in [1.165, 1.54) is 238 Å². The van der Waals surface area contributed by atoms with Crippen LogP contribution in [-0.4, -0.2) is 0 Å². The van der Waals surface area contributed by atoms with Crippen LogP contribution in [0.3, 0.4) is 0 Å². The van der Waals surface area contributed by atoms with Gasteiger partial charge in [-0.15, -0.1) is 0 Å². The third kappa shape index (κ3) is 38.0. The summed E-state index contributed by atoms with van der Waals surface area (Å²) in [6, 6.07) is 0. The zero-order chi connectivity index (χ0) is 29.7. The van der Waals surface area contributed by atoms with E-state index in [-0.39, 0.29) is 0 Å². The second-order valence-electron chi connectivity index (χ2n) is 14.3. The second-order valence-corrected chi connectivity index (χ2v) is 14.3. The molecule has 0 aromatic carbocycles. The van der Waals surface area contributed by atoms with Gasteiger partial charge in [-0.25, -0.2) is 0 Å². The van der Waals surface area contributed by atoms with Gasteiger partial charge < -0.3 is 0 Å². The molecule has 0 rings (SSSR count). The van der Waals surface area contributed by atoms with Crippen LogP contribution in [0, 0.1) is 5.92 Å². The molecule has 0 aromatic rings. The highest BCUT2D eigenvalue weighted by Crippen LogP contribution is 2.20. The summed E-state index contributed by atoms with van der Waals surface area (Å²) in [5.41, 5.74) is 0. The van der Waals surface area contributed by atoms with Crippen molar-refractivity contribution in [3.05, 3.63) is 0 Å². The zero-order valence-electron chi connectivity index (χ0n) is 29.7. The van der Waals surface area contributed by atoms with Gasteiger partial charge in [0.05, 0.1) is 0 Å². The van der Waals surface area contributed by atoms with Gasteiger partial charge in [0, 0.05) is 0 Å². The average molecular weight is 577 g/mol. The van der Waals surface area contributed by atoms with E-state index in [0.717, 1.165) is 5.92 Å². The first-order chi connectivity index (χ1) is 20.3. The topological polar surface area (TPSA) is 0 Å². The molecule has 41 heavy (non-hydrogen) atoms. The van der Waals surface area contributed by atoms with E-state index >= 15 is 0 Å². The minimum atomic E-state index is 0.967. The molecule has 0 nitrogen and oxygen atoms in total. The third-order valence-electron chi connectivity index (χ3n) is 9.85. The Morgan fingerprint density at radius 2 is 0.366 bits per heavy atom. The highest BCUT2D eigenvalue weighted by molar-refractivity contribution is 4.57. The Balaban J connectivity index is 3.10. The zero-order valence-corrected chi connectivity index (χ0v) is 29.7. The first kappa shape index (κ1) is 41.0. The Morgan fingerprint density at radius 1 is 0.220 bits per heavy atom. The average Bonchev–Trinajstić information content (AvgIpc) is 2.98. The smallest absolute Gasteiger partial charge is 0.0443 e. The Bertz CT molecular complexity index is 426. The predicted molar refractivity (Wildman–Crippen MR) is 191 cm³/mol. The monoisotopic (exact) mass is 577 g/mol. The van der Waals surface area contributed by atoms with Gasteiger partial charge in [-0.1, -0.05) is 258 Å². The summed E-state index contributed by atoms with van der Waals surface area (Å²) in [6.45, 7) is 7.13. The van der Waals surface area contributed by atoms with Crippen LogP contribution >= 0.6 is 0 Å². The molecule has 0 N–H and O–H groups in total. The molecule has 0 aliphatic rings. The van der Waals surface area contributed by atoms with Crippen molar-refractivity contribution in [3.8, 4) is 0 Å². The van der Waals surface area contributed by atoms with Crippen molar-refractivity contribution in [3.63, 3.8) is 0 Å². The summed E-state index contributed by atoms with van der Waals surface area (Å²) in [6.07, 6.45) is 54.7. The van der Waals surface area contributed by atoms with Crippen molar-refractivity contribution in [2.24, 2.45) is 5.92 Å². The van der Waals surface area contributed by atoms with E-state index in [0.29, 0.717) is 0 Å². The van der Waals surface area contributed by atoms with E-state index in [4.69, 9.17) is 0 Å². The Hall–Kier alpha value is 0. The van der Waals surface area contributed by atoms with Crippen molar-refractivity contribution in [2.75, 3.05) is 0 Å². The molecular formula is C41H84. The first-order valence-electron chi connectivity index (χ1n) is 20.3. The first-order valence-corrected chi connectivity index (χ1v) is 20.3. The summed E-state index contributed by atoms with van der Waals surface area (Å²) in [7, 11) is 0. The van der Waals surface area contributed by atoms with Crippen molar-refractivity contribution in [1.29, 1.82) is 0 Å². The standard InChI is InChI=1S/C41H84/c1-4-6-8-10-12-14-15-16-17-18-19-20-21-22-23-24-25-26-27-28-29-30-32-34-36-38-40-41(3)39-37-35-33-31-13-11-9-7-5-2/h41H,4-40H2,1-3H3. The molecule has 0 bridgehead atoms. The summed E-state index contributed by atoms with van der Waals surface area (Å²) < 4.78 is 0. The van der Waals surface area contributed by atoms with E-state index in [1.807, 2.05) is 0 Å². The van der Waals surface area contributed by atoms with Gasteiger partial charge in [-0.2, -0.15) is 0 Å². The van der Waals surface area contributed by atoms with E-state index in [2.05, 4.69) is 20.8 Å².